The molecule has 194 valence electrons. The highest BCUT2D eigenvalue weighted by atomic mass is 16.2. The summed E-state index contributed by atoms with van der Waals surface area (Å²) >= 11 is 0. The van der Waals surface area contributed by atoms with E-state index in [9.17, 15) is 9.59 Å². The zero-order valence-electron chi connectivity index (χ0n) is 21.3. The summed E-state index contributed by atoms with van der Waals surface area (Å²) in [4.78, 5) is 43.8. The molecule has 0 aliphatic carbocycles. The highest BCUT2D eigenvalue weighted by Crippen LogP contribution is 2.22. The minimum absolute atomic E-state index is 0.0350. The number of nitrogens with two attached hydrogens (primary N) is 1. The fourth-order valence-corrected chi connectivity index (χ4v) is 5.33. The summed E-state index contributed by atoms with van der Waals surface area (Å²) < 4.78 is 4.84. The predicted octanol–water partition coefficient (Wildman–Crippen LogP) is 2.35. The molecule has 1 unspecified atom stereocenters. The number of pyridine rings is 2. The first-order valence-corrected chi connectivity index (χ1v) is 13.0. The number of piperidine rings is 1. The molecule has 1 aliphatic rings. The number of anilines is 1. The predicted molar refractivity (Wildman–Crippen MR) is 148 cm³/mol. The molecule has 5 heterocycles. The van der Waals surface area contributed by atoms with Crippen LogP contribution in [0.25, 0.3) is 21.9 Å². The van der Waals surface area contributed by atoms with Crippen LogP contribution in [0.15, 0.2) is 70.5 Å². The van der Waals surface area contributed by atoms with Crippen LogP contribution in [0.3, 0.4) is 0 Å². The van der Waals surface area contributed by atoms with Crippen molar-refractivity contribution in [2.45, 2.75) is 45.4 Å². The smallest absolute Gasteiger partial charge is 0.293 e. The Labute approximate surface area is 219 Å². The number of hydrogen-bond donors (Lipinski definition) is 1. The van der Waals surface area contributed by atoms with Gasteiger partial charge in [0.05, 0.1) is 24.3 Å². The topological polar surface area (TPSA) is 117 Å². The lowest BCUT2D eigenvalue weighted by atomic mass is 10.1. The Morgan fingerprint density at radius 2 is 1.74 bits per heavy atom. The van der Waals surface area contributed by atoms with Crippen LogP contribution in [-0.4, -0.2) is 48.0 Å². The van der Waals surface area contributed by atoms with E-state index in [0.717, 1.165) is 35.9 Å². The molecule has 5 aromatic rings. The maximum absolute atomic E-state index is 14.2. The third kappa shape index (κ3) is 4.26. The quantitative estimate of drug-likeness (QED) is 0.373. The largest absolute Gasteiger partial charge is 0.341 e. The molecule has 0 saturated carbocycles. The molecule has 6 rings (SSSR count). The summed E-state index contributed by atoms with van der Waals surface area (Å²) in [7, 11) is 0. The highest BCUT2D eigenvalue weighted by molar-refractivity contribution is 5.79. The Morgan fingerprint density at radius 3 is 2.53 bits per heavy atom. The first-order chi connectivity index (χ1) is 18.5. The molecule has 1 atom stereocenters. The van der Waals surface area contributed by atoms with Crippen LogP contribution < -0.4 is 21.8 Å². The maximum atomic E-state index is 14.2. The van der Waals surface area contributed by atoms with E-state index in [1.54, 1.807) is 12.4 Å². The lowest BCUT2D eigenvalue weighted by molar-refractivity contribution is 0.466. The minimum atomic E-state index is -0.313. The van der Waals surface area contributed by atoms with E-state index in [1.807, 2.05) is 60.0 Å². The molecule has 38 heavy (non-hydrogen) atoms. The van der Waals surface area contributed by atoms with Crippen LogP contribution >= 0.6 is 0 Å². The molecule has 0 amide bonds. The molecular formula is C28H30N8O2. The molecule has 0 radical (unpaired) electrons. The summed E-state index contributed by atoms with van der Waals surface area (Å²) in [5.41, 5.74) is 8.55. The van der Waals surface area contributed by atoms with Crippen molar-refractivity contribution >= 4 is 27.9 Å². The van der Waals surface area contributed by atoms with Gasteiger partial charge in [0.1, 0.15) is 5.52 Å². The van der Waals surface area contributed by atoms with Crippen LogP contribution in [0.5, 0.6) is 0 Å². The molecule has 2 N–H and O–H groups in total. The zero-order valence-corrected chi connectivity index (χ0v) is 21.3. The summed E-state index contributed by atoms with van der Waals surface area (Å²) in [6.07, 6.45) is 5.25. The monoisotopic (exact) mass is 510 g/mol. The van der Waals surface area contributed by atoms with Crippen molar-refractivity contribution in [3.05, 3.63) is 92.9 Å². The first kappa shape index (κ1) is 24.1. The molecule has 1 aliphatic heterocycles. The molecule has 1 aromatic carbocycles. The van der Waals surface area contributed by atoms with Gasteiger partial charge in [-0.25, -0.2) is 14.3 Å². The van der Waals surface area contributed by atoms with Crippen LogP contribution in [0, 0.1) is 0 Å². The van der Waals surface area contributed by atoms with Crippen LogP contribution in [0.4, 0.5) is 5.95 Å². The molecule has 1 fully saturated rings. The van der Waals surface area contributed by atoms with Crippen LogP contribution in [0.2, 0.25) is 0 Å². The summed E-state index contributed by atoms with van der Waals surface area (Å²) in [6.45, 7) is 4.27. The zero-order chi connectivity index (χ0) is 26.2. The number of para-hydroxylation sites is 1. The molecule has 10 nitrogen and oxygen atoms in total. The Balaban J connectivity index is 1.55. The van der Waals surface area contributed by atoms with Gasteiger partial charge in [0.15, 0.2) is 5.52 Å². The Kier molecular flexibility index (Phi) is 6.24. The van der Waals surface area contributed by atoms with E-state index in [2.05, 4.69) is 9.88 Å². The van der Waals surface area contributed by atoms with Gasteiger partial charge in [-0.2, -0.15) is 0 Å². The van der Waals surface area contributed by atoms with Crippen LogP contribution in [-0.2, 0) is 19.6 Å². The van der Waals surface area contributed by atoms with Gasteiger partial charge in [-0.05, 0) is 49.6 Å². The van der Waals surface area contributed by atoms with Gasteiger partial charge < -0.3 is 15.2 Å². The Bertz CT molecular complexity index is 1740. The van der Waals surface area contributed by atoms with Gasteiger partial charge >= 0.3 is 0 Å². The third-order valence-electron chi connectivity index (χ3n) is 7.22. The van der Waals surface area contributed by atoms with Crippen molar-refractivity contribution in [1.82, 2.24) is 28.9 Å². The number of aromatic nitrogens is 6. The fourth-order valence-electron chi connectivity index (χ4n) is 5.33. The fraction of sp³-hybridized carbons (Fsp3) is 0.321. The maximum Gasteiger partial charge on any atom is 0.293 e. The minimum Gasteiger partial charge on any atom is -0.341 e. The van der Waals surface area contributed by atoms with Gasteiger partial charge in [-0.15, -0.1) is 0 Å². The second kappa shape index (κ2) is 9.86. The summed E-state index contributed by atoms with van der Waals surface area (Å²) in [5.74, 6) is 0.629. The lowest BCUT2D eigenvalue weighted by Gasteiger charge is -2.31. The van der Waals surface area contributed by atoms with E-state index >= 15 is 0 Å². The summed E-state index contributed by atoms with van der Waals surface area (Å²) in [6, 6.07) is 15.4. The van der Waals surface area contributed by atoms with Gasteiger partial charge in [0, 0.05) is 43.5 Å². The van der Waals surface area contributed by atoms with E-state index in [4.69, 9.17) is 15.7 Å². The SMILES string of the molecule is CCn1c(N2CCCC(N)C2)nc2c(=O)n(Cc3ccncc3)n(Cc3ccc4ccccc4n3)c(=O)c21. The van der Waals surface area contributed by atoms with Gasteiger partial charge in [0.2, 0.25) is 5.95 Å². The van der Waals surface area contributed by atoms with E-state index in [-0.39, 0.29) is 35.8 Å². The van der Waals surface area contributed by atoms with E-state index in [1.165, 1.54) is 9.36 Å². The molecule has 1 saturated heterocycles. The van der Waals surface area contributed by atoms with Crippen molar-refractivity contribution in [1.29, 1.82) is 0 Å². The van der Waals surface area contributed by atoms with E-state index in [0.29, 0.717) is 30.2 Å². The normalized spacial score (nSPS) is 15.9. The highest BCUT2D eigenvalue weighted by Gasteiger charge is 2.26. The molecule has 10 heteroatoms. The Morgan fingerprint density at radius 1 is 0.947 bits per heavy atom. The number of nitrogens with zero attached hydrogens (tertiary/aromatic N) is 7. The number of hydrogen-bond acceptors (Lipinski definition) is 7. The average molecular weight is 511 g/mol. The standard InChI is InChI=1S/C28H30N8O2/c1-2-34-25-24(32-28(34)33-15-5-7-21(29)17-33)26(37)35(16-19-11-13-30-14-12-19)36(27(25)38)18-22-10-9-20-6-3-4-8-23(20)31-22/h3-4,6,8-14,21H,2,5,7,15-18,29H2,1H3. The molecular weight excluding hydrogens is 480 g/mol. The number of rotatable bonds is 6. The number of aryl methyl sites for hydroxylation is 1. The van der Waals surface area contributed by atoms with Gasteiger partial charge in [-0.3, -0.25) is 19.6 Å². The molecule has 0 spiro atoms. The van der Waals surface area contributed by atoms with Crippen molar-refractivity contribution < 1.29 is 0 Å². The number of fused-ring (bicyclic) bond motifs is 2. The number of benzene rings is 1. The average Bonchev–Trinajstić information content (AvgIpc) is 3.34. The van der Waals surface area contributed by atoms with Crippen molar-refractivity contribution in [2.24, 2.45) is 5.73 Å². The van der Waals surface area contributed by atoms with Gasteiger partial charge in [-0.1, -0.05) is 24.3 Å². The summed E-state index contributed by atoms with van der Waals surface area (Å²) in [5, 5.41) is 1.02. The van der Waals surface area contributed by atoms with Gasteiger partial charge in [0.25, 0.3) is 11.1 Å². The lowest BCUT2D eigenvalue weighted by Crippen LogP contribution is -2.44. The second-order valence-corrected chi connectivity index (χ2v) is 9.78. The third-order valence-corrected chi connectivity index (χ3v) is 7.22. The van der Waals surface area contributed by atoms with Crippen LogP contribution in [0.1, 0.15) is 31.0 Å². The van der Waals surface area contributed by atoms with Crippen molar-refractivity contribution in [3.8, 4) is 0 Å². The molecule has 4 aromatic heterocycles. The van der Waals surface area contributed by atoms with Crippen molar-refractivity contribution in [3.63, 3.8) is 0 Å². The number of imidazole rings is 1. The second-order valence-electron chi connectivity index (χ2n) is 9.78. The van der Waals surface area contributed by atoms with E-state index < -0.39 is 0 Å². The Hall–Kier alpha value is -4.31. The van der Waals surface area contributed by atoms with Crippen molar-refractivity contribution in [2.75, 3.05) is 18.0 Å². The molecule has 0 bridgehead atoms. The first-order valence-electron chi connectivity index (χ1n) is 13.0.